The standard InChI is InChI=1S/C28H25F3N2O5/c1-16(2)37-20-10-6-19(7-11-20)33-24-13-12-22(38-21-8-4-18(5-9-21)28(29,30)31)14-23(24)25(26(33)27(35)36)32-15-17(3)34/h4-14,16,32H,15H2,1-3H3,(H,35,36). The molecule has 4 aromatic rings. The fraction of sp³-hybridized carbons (Fsp3) is 0.214. The molecule has 198 valence electrons. The van der Waals surface area contributed by atoms with E-state index in [1.807, 2.05) is 13.8 Å². The zero-order valence-corrected chi connectivity index (χ0v) is 20.8. The van der Waals surface area contributed by atoms with Gasteiger partial charge in [-0.3, -0.25) is 4.79 Å². The molecule has 0 saturated heterocycles. The summed E-state index contributed by atoms with van der Waals surface area (Å²) in [5, 5.41) is 13.5. The van der Waals surface area contributed by atoms with Crippen LogP contribution in [0, 0.1) is 0 Å². The second kappa shape index (κ2) is 10.5. The summed E-state index contributed by atoms with van der Waals surface area (Å²) in [4.78, 5) is 24.1. The maximum atomic E-state index is 12.9. The average Bonchev–Trinajstić information content (AvgIpc) is 3.16. The van der Waals surface area contributed by atoms with Crippen molar-refractivity contribution in [1.82, 2.24) is 4.57 Å². The lowest BCUT2D eigenvalue weighted by Gasteiger charge is -2.13. The van der Waals surface area contributed by atoms with E-state index in [9.17, 15) is 27.9 Å². The number of nitrogens with one attached hydrogen (secondary N) is 1. The Kier molecular flexibility index (Phi) is 7.34. The van der Waals surface area contributed by atoms with Gasteiger partial charge in [0.05, 0.1) is 29.4 Å². The molecule has 10 heteroatoms. The summed E-state index contributed by atoms with van der Waals surface area (Å²) < 4.78 is 51.7. The van der Waals surface area contributed by atoms with Gasteiger partial charge in [-0.15, -0.1) is 0 Å². The molecule has 0 aliphatic rings. The number of aromatic carboxylic acids is 1. The first-order chi connectivity index (χ1) is 17.9. The molecule has 2 N–H and O–H groups in total. The number of anilines is 1. The number of aromatic nitrogens is 1. The molecule has 1 heterocycles. The van der Waals surface area contributed by atoms with E-state index in [2.05, 4.69) is 5.32 Å². The van der Waals surface area contributed by atoms with Gasteiger partial charge in [-0.25, -0.2) is 4.79 Å². The third kappa shape index (κ3) is 5.74. The molecular formula is C28H25F3N2O5. The summed E-state index contributed by atoms with van der Waals surface area (Å²) in [6.07, 6.45) is -4.50. The van der Waals surface area contributed by atoms with Crippen LogP contribution in [-0.2, 0) is 11.0 Å². The minimum Gasteiger partial charge on any atom is -0.491 e. The van der Waals surface area contributed by atoms with Gasteiger partial charge in [-0.1, -0.05) is 0 Å². The fourth-order valence-corrected chi connectivity index (χ4v) is 3.99. The van der Waals surface area contributed by atoms with Gasteiger partial charge in [0.1, 0.15) is 23.0 Å². The summed E-state index contributed by atoms with van der Waals surface area (Å²) in [5.74, 6) is -0.346. The van der Waals surface area contributed by atoms with Crippen LogP contribution in [0.15, 0.2) is 66.7 Å². The van der Waals surface area contributed by atoms with E-state index in [4.69, 9.17) is 9.47 Å². The van der Waals surface area contributed by atoms with Crippen molar-refractivity contribution in [3.05, 3.63) is 78.0 Å². The monoisotopic (exact) mass is 526 g/mol. The molecule has 0 spiro atoms. The highest BCUT2D eigenvalue weighted by atomic mass is 19.4. The molecule has 0 bridgehead atoms. The molecule has 3 aromatic carbocycles. The predicted octanol–water partition coefficient (Wildman–Crippen LogP) is 6.93. The number of hydrogen-bond acceptors (Lipinski definition) is 5. The largest absolute Gasteiger partial charge is 0.491 e. The molecule has 4 rings (SSSR count). The highest BCUT2D eigenvalue weighted by Gasteiger charge is 2.30. The number of nitrogens with zero attached hydrogens (tertiary/aromatic N) is 1. The second-order valence-corrected chi connectivity index (χ2v) is 8.88. The minimum absolute atomic E-state index is 0.0340. The van der Waals surface area contributed by atoms with Crippen LogP contribution in [0.4, 0.5) is 18.9 Å². The number of carbonyl (C=O) groups excluding carboxylic acids is 1. The van der Waals surface area contributed by atoms with E-state index < -0.39 is 17.7 Å². The number of fused-ring (bicyclic) bond motifs is 1. The molecular weight excluding hydrogens is 501 g/mol. The number of benzene rings is 3. The van der Waals surface area contributed by atoms with Crippen molar-refractivity contribution >= 4 is 28.3 Å². The maximum Gasteiger partial charge on any atom is 0.416 e. The first-order valence-corrected chi connectivity index (χ1v) is 11.7. The van der Waals surface area contributed by atoms with Crippen molar-refractivity contribution in [3.8, 4) is 22.9 Å². The Balaban J connectivity index is 1.81. The van der Waals surface area contributed by atoms with Crippen molar-refractivity contribution in [2.45, 2.75) is 33.1 Å². The van der Waals surface area contributed by atoms with Gasteiger partial charge in [0.15, 0.2) is 5.69 Å². The Labute approximate surface area is 216 Å². The number of carboxylic acid groups (broad SMARTS) is 1. The number of hydrogen-bond donors (Lipinski definition) is 2. The van der Waals surface area contributed by atoms with E-state index in [1.54, 1.807) is 47.0 Å². The zero-order chi connectivity index (χ0) is 27.6. The van der Waals surface area contributed by atoms with Gasteiger partial charge in [0, 0.05) is 11.1 Å². The van der Waals surface area contributed by atoms with E-state index in [-0.39, 0.29) is 41.3 Å². The van der Waals surface area contributed by atoms with Crippen molar-refractivity contribution in [1.29, 1.82) is 0 Å². The number of ether oxygens (including phenoxy) is 2. The number of alkyl halides is 3. The summed E-state index contributed by atoms with van der Waals surface area (Å²) in [5.41, 5.74) is 0.388. The normalized spacial score (nSPS) is 11.6. The smallest absolute Gasteiger partial charge is 0.416 e. The third-order valence-corrected chi connectivity index (χ3v) is 5.54. The number of halogens is 3. The van der Waals surface area contributed by atoms with Crippen LogP contribution in [0.25, 0.3) is 16.6 Å². The van der Waals surface area contributed by atoms with Gasteiger partial charge in [0.25, 0.3) is 0 Å². The number of ketones is 1. The predicted molar refractivity (Wildman–Crippen MR) is 137 cm³/mol. The third-order valence-electron chi connectivity index (χ3n) is 5.54. The quantitative estimate of drug-likeness (QED) is 0.246. The van der Waals surface area contributed by atoms with Crippen LogP contribution >= 0.6 is 0 Å². The number of carboxylic acids is 1. The molecule has 0 saturated carbocycles. The van der Waals surface area contributed by atoms with Gasteiger partial charge in [-0.05, 0) is 87.5 Å². The summed E-state index contributed by atoms with van der Waals surface area (Å²) in [6.45, 7) is 5.06. The van der Waals surface area contributed by atoms with Gasteiger partial charge in [0.2, 0.25) is 0 Å². The van der Waals surface area contributed by atoms with Crippen molar-refractivity contribution in [3.63, 3.8) is 0 Å². The lowest BCUT2D eigenvalue weighted by molar-refractivity contribution is -0.137. The summed E-state index contributed by atoms with van der Waals surface area (Å²) in [6, 6.07) is 16.0. The summed E-state index contributed by atoms with van der Waals surface area (Å²) in [7, 11) is 0. The SMILES string of the molecule is CC(=O)CNc1c(C(=O)O)n(-c2ccc(OC(C)C)cc2)c2ccc(Oc3ccc(C(F)(F)F)cc3)cc12. The highest BCUT2D eigenvalue weighted by Crippen LogP contribution is 2.38. The van der Waals surface area contributed by atoms with Crippen LogP contribution in [0.3, 0.4) is 0 Å². The summed E-state index contributed by atoms with van der Waals surface area (Å²) >= 11 is 0. The Morgan fingerprint density at radius 2 is 1.55 bits per heavy atom. The molecule has 0 aliphatic heterocycles. The van der Waals surface area contributed by atoms with Crippen molar-refractivity contribution in [2.24, 2.45) is 0 Å². The molecule has 0 amide bonds. The zero-order valence-electron chi connectivity index (χ0n) is 20.8. The molecule has 0 radical (unpaired) electrons. The lowest BCUT2D eigenvalue weighted by atomic mass is 10.2. The molecule has 38 heavy (non-hydrogen) atoms. The van der Waals surface area contributed by atoms with Crippen molar-refractivity contribution < 1.29 is 37.3 Å². The fourth-order valence-electron chi connectivity index (χ4n) is 3.99. The Morgan fingerprint density at radius 1 is 0.947 bits per heavy atom. The first-order valence-electron chi connectivity index (χ1n) is 11.7. The Bertz CT molecular complexity index is 1470. The Morgan fingerprint density at radius 3 is 2.11 bits per heavy atom. The molecule has 7 nitrogen and oxygen atoms in total. The van der Waals surface area contributed by atoms with Gasteiger partial charge >= 0.3 is 12.1 Å². The molecule has 1 aromatic heterocycles. The number of carbonyl (C=O) groups is 2. The average molecular weight is 527 g/mol. The molecule has 0 aliphatic carbocycles. The van der Waals surface area contributed by atoms with Gasteiger partial charge < -0.3 is 24.5 Å². The number of Topliss-reactive ketones (excluding diaryl/α,β-unsaturated/α-hetero) is 1. The number of rotatable bonds is 9. The van der Waals surface area contributed by atoms with Crippen LogP contribution in [0.5, 0.6) is 17.2 Å². The van der Waals surface area contributed by atoms with Crippen LogP contribution in [-0.4, -0.2) is 34.1 Å². The molecule has 0 fully saturated rings. The maximum absolute atomic E-state index is 12.9. The minimum atomic E-state index is -4.47. The second-order valence-electron chi connectivity index (χ2n) is 8.88. The molecule has 0 atom stereocenters. The van der Waals surface area contributed by atoms with Crippen molar-refractivity contribution in [2.75, 3.05) is 11.9 Å². The van der Waals surface area contributed by atoms with E-state index in [1.165, 1.54) is 19.1 Å². The van der Waals surface area contributed by atoms with E-state index in [0.717, 1.165) is 12.1 Å². The van der Waals surface area contributed by atoms with Crippen LogP contribution in [0.1, 0.15) is 36.8 Å². The van der Waals surface area contributed by atoms with Crippen LogP contribution < -0.4 is 14.8 Å². The van der Waals surface area contributed by atoms with E-state index in [0.29, 0.717) is 22.3 Å². The Hall–Kier alpha value is -4.47. The highest BCUT2D eigenvalue weighted by molar-refractivity contribution is 6.08. The molecule has 0 unspecified atom stereocenters. The topological polar surface area (TPSA) is 89.8 Å². The first kappa shape index (κ1) is 26.6. The van der Waals surface area contributed by atoms with Crippen LogP contribution in [0.2, 0.25) is 0 Å². The van der Waals surface area contributed by atoms with E-state index >= 15 is 0 Å². The van der Waals surface area contributed by atoms with Gasteiger partial charge in [-0.2, -0.15) is 13.2 Å². The lowest BCUT2D eigenvalue weighted by Crippen LogP contribution is -2.14.